The maximum atomic E-state index is 5.70. The molecule has 0 atom stereocenters. The van der Waals surface area contributed by atoms with Gasteiger partial charge in [0.2, 0.25) is 0 Å². The highest BCUT2D eigenvalue weighted by molar-refractivity contribution is 9.11. The number of nitrogens with two attached hydrogens (primary N) is 1. The molecule has 0 aliphatic heterocycles. The molecule has 0 aliphatic carbocycles. The Bertz CT molecular complexity index is 595. The molecule has 19 heavy (non-hydrogen) atoms. The minimum atomic E-state index is 0.369. The van der Waals surface area contributed by atoms with E-state index in [0.29, 0.717) is 4.99 Å². The summed E-state index contributed by atoms with van der Waals surface area (Å²) in [6.07, 6.45) is 0.947. The van der Waals surface area contributed by atoms with Gasteiger partial charge in [-0.2, -0.15) is 0 Å². The van der Waals surface area contributed by atoms with Gasteiger partial charge in [-0.15, -0.1) is 11.3 Å². The van der Waals surface area contributed by atoms with E-state index >= 15 is 0 Å². The fourth-order valence-electron chi connectivity index (χ4n) is 1.68. The zero-order valence-electron chi connectivity index (χ0n) is 10.4. The van der Waals surface area contributed by atoms with Crippen LogP contribution < -0.4 is 11.1 Å². The Balaban J connectivity index is 2.02. The Morgan fingerprint density at radius 3 is 2.84 bits per heavy atom. The van der Waals surface area contributed by atoms with Crippen molar-refractivity contribution < 1.29 is 0 Å². The molecule has 100 valence electrons. The maximum Gasteiger partial charge on any atom is 0.136 e. The summed E-state index contributed by atoms with van der Waals surface area (Å²) in [5, 5.41) is 3.31. The third-order valence-corrected chi connectivity index (χ3v) is 4.50. The van der Waals surface area contributed by atoms with E-state index in [9.17, 15) is 0 Å². The average Bonchev–Trinajstić information content (AvgIpc) is 2.75. The first kappa shape index (κ1) is 14.4. The van der Waals surface area contributed by atoms with Gasteiger partial charge >= 0.3 is 0 Å². The Labute approximate surface area is 130 Å². The average molecular weight is 356 g/mol. The second-order valence-corrected chi connectivity index (χ2v) is 7.08. The monoisotopic (exact) mass is 355 g/mol. The molecule has 0 amide bonds. The fourth-order valence-corrected chi connectivity index (χ4v) is 3.33. The van der Waals surface area contributed by atoms with Crippen molar-refractivity contribution in [2.45, 2.75) is 13.3 Å². The molecule has 2 aromatic rings. The number of halogens is 1. The Hall–Kier alpha value is -0.980. The van der Waals surface area contributed by atoms with Crippen LogP contribution >= 0.6 is 39.5 Å². The Morgan fingerprint density at radius 2 is 2.21 bits per heavy atom. The van der Waals surface area contributed by atoms with Crippen LogP contribution in [-0.4, -0.2) is 16.5 Å². The first-order valence-corrected chi connectivity index (χ1v) is 7.83. The molecule has 0 radical (unpaired) electrons. The number of hydrogen-bond donors (Lipinski definition) is 2. The van der Waals surface area contributed by atoms with Gasteiger partial charge in [-0.25, -0.2) is 4.98 Å². The van der Waals surface area contributed by atoms with Crippen molar-refractivity contribution in [2.24, 2.45) is 5.73 Å². The van der Waals surface area contributed by atoms with Gasteiger partial charge < -0.3 is 11.1 Å². The van der Waals surface area contributed by atoms with Gasteiger partial charge in [0, 0.05) is 17.1 Å². The van der Waals surface area contributed by atoms with Crippen LogP contribution in [0.5, 0.6) is 0 Å². The summed E-state index contributed by atoms with van der Waals surface area (Å²) in [5.41, 5.74) is 7.44. The highest BCUT2D eigenvalue weighted by Gasteiger charge is 2.07. The highest BCUT2D eigenvalue weighted by Crippen LogP contribution is 2.22. The largest absolute Gasteiger partial charge is 0.389 e. The van der Waals surface area contributed by atoms with Gasteiger partial charge in [0.15, 0.2) is 0 Å². The van der Waals surface area contributed by atoms with Crippen molar-refractivity contribution >= 4 is 50.3 Å². The van der Waals surface area contributed by atoms with E-state index in [1.807, 2.05) is 19.1 Å². The number of aryl methyl sites for hydroxylation is 1. The summed E-state index contributed by atoms with van der Waals surface area (Å²) in [6, 6.07) is 8.00. The predicted molar refractivity (Wildman–Crippen MR) is 89.1 cm³/mol. The lowest BCUT2D eigenvalue weighted by Gasteiger charge is -2.10. The molecule has 0 unspecified atom stereocenters. The summed E-state index contributed by atoms with van der Waals surface area (Å²) < 4.78 is 1.15. The van der Waals surface area contributed by atoms with Crippen LogP contribution in [-0.2, 0) is 6.42 Å². The molecular formula is C13H14BrN3S2. The van der Waals surface area contributed by atoms with E-state index < -0.39 is 0 Å². The summed E-state index contributed by atoms with van der Waals surface area (Å²) in [7, 11) is 0. The van der Waals surface area contributed by atoms with Gasteiger partial charge in [-0.1, -0.05) is 12.2 Å². The summed E-state index contributed by atoms with van der Waals surface area (Å²) >= 11 is 10.2. The van der Waals surface area contributed by atoms with Crippen molar-refractivity contribution in [3.8, 4) is 0 Å². The molecule has 3 nitrogen and oxygen atoms in total. The molecule has 0 aliphatic rings. The SMILES string of the molecule is Cc1ccc(C(N)=S)c(NCCc2ccc(Br)s2)n1. The minimum absolute atomic E-state index is 0.369. The number of nitrogens with zero attached hydrogens (tertiary/aromatic N) is 1. The van der Waals surface area contributed by atoms with Crippen LogP contribution in [0, 0.1) is 6.92 Å². The van der Waals surface area contributed by atoms with Crippen molar-refractivity contribution in [1.82, 2.24) is 4.98 Å². The van der Waals surface area contributed by atoms with Crippen LogP contribution in [0.2, 0.25) is 0 Å². The van der Waals surface area contributed by atoms with Gasteiger partial charge in [-0.05, 0) is 53.5 Å². The maximum absolute atomic E-state index is 5.70. The van der Waals surface area contributed by atoms with Gasteiger partial charge in [0.25, 0.3) is 0 Å². The molecule has 2 aromatic heterocycles. The molecule has 2 rings (SSSR count). The van der Waals surface area contributed by atoms with E-state index in [0.717, 1.165) is 33.8 Å². The second-order valence-electron chi connectivity index (χ2n) is 4.10. The number of nitrogens with one attached hydrogen (secondary N) is 1. The predicted octanol–water partition coefficient (Wildman–Crippen LogP) is 3.50. The van der Waals surface area contributed by atoms with Crippen molar-refractivity contribution in [1.29, 1.82) is 0 Å². The number of aromatic nitrogens is 1. The van der Waals surface area contributed by atoms with E-state index in [1.165, 1.54) is 4.88 Å². The topological polar surface area (TPSA) is 50.9 Å². The fraction of sp³-hybridized carbons (Fsp3) is 0.231. The molecule has 2 heterocycles. The number of rotatable bonds is 5. The first-order valence-electron chi connectivity index (χ1n) is 5.82. The molecule has 0 spiro atoms. The summed E-state index contributed by atoms with van der Waals surface area (Å²) in [5.74, 6) is 0.767. The zero-order chi connectivity index (χ0) is 13.8. The van der Waals surface area contributed by atoms with Gasteiger partial charge in [0.05, 0.1) is 9.35 Å². The van der Waals surface area contributed by atoms with Crippen molar-refractivity contribution in [3.05, 3.63) is 44.2 Å². The number of anilines is 1. The minimum Gasteiger partial charge on any atom is -0.389 e. The van der Waals surface area contributed by atoms with Crippen LogP contribution in [0.4, 0.5) is 5.82 Å². The molecular weight excluding hydrogens is 342 g/mol. The standard InChI is InChI=1S/C13H14BrN3S2/c1-8-2-4-10(12(15)18)13(17-8)16-7-6-9-3-5-11(14)19-9/h2-5H,6-7H2,1H3,(H2,15,18)(H,16,17). The lowest BCUT2D eigenvalue weighted by Crippen LogP contribution is -2.16. The molecule has 0 saturated carbocycles. The molecule has 0 aromatic carbocycles. The molecule has 0 bridgehead atoms. The van der Waals surface area contributed by atoms with Crippen molar-refractivity contribution in [3.63, 3.8) is 0 Å². The van der Waals surface area contributed by atoms with Crippen LogP contribution in [0.3, 0.4) is 0 Å². The Kier molecular flexibility index (Phi) is 4.90. The third kappa shape index (κ3) is 3.99. The van der Waals surface area contributed by atoms with Crippen LogP contribution in [0.25, 0.3) is 0 Å². The molecule has 3 N–H and O–H groups in total. The molecule has 6 heteroatoms. The van der Waals surface area contributed by atoms with Gasteiger partial charge in [-0.3, -0.25) is 0 Å². The smallest absolute Gasteiger partial charge is 0.136 e. The number of hydrogen-bond acceptors (Lipinski definition) is 4. The summed E-state index contributed by atoms with van der Waals surface area (Å²) in [6.45, 7) is 2.75. The second kappa shape index (κ2) is 6.45. The van der Waals surface area contributed by atoms with Crippen LogP contribution in [0.1, 0.15) is 16.1 Å². The third-order valence-electron chi connectivity index (χ3n) is 2.59. The number of thiocarbonyl (C=S) groups is 1. The normalized spacial score (nSPS) is 10.4. The van der Waals surface area contributed by atoms with E-state index in [-0.39, 0.29) is 0 Å². The zero-order valence-corrected chi connectivity index (χ0v) is 13.7. The lowest BCUT2D eigenvalue weighted by molar-refractivity contribution is 1.02. The van der Waals surface area contributed by atoms with E-state index in [1.54, 1.807) is 11.3 Å². The lowest BCUT2D eigenvalue weighted by atomic mass is 10.2. The highest BCUT2D eigenvalue weighted by atomic mass is 79.9. The number of pyridine rings is 1. The molecule has 0 saturated heterocycles. The molecule has 0 fully saturated rings. The number of thiophene rings is 1. The van der Waals surface area contributed by atoms with Gasteiger partial charge in [0.1, 0.15) is 10.8 Å². The first-order chi connectivity index (χ1) is 9.06. The Morgan fingerprint density at radius 1 is 1.42 bits per heavy atom. The van der Waals surface area contributed by atoms with Crippen LogP contribution in [0.15, 0.2) is 28.1 Å². The summed E-state index contributed by atoms with van der Waals surface area (Å²) in [4.78, 5) is 6.14. The van der Waals surface area contributed by atoms with E-state index in [4.69, 9.17) is 18.0 Å². The van der Waals surface area contributed by atoms with E-state index in [2.05, 4.69) is 38.4 Å². The van der Waals surface area contributed by atoms with Crippen molar-refractivity contribution in [2.75, 3.05) is 11.9 Å². The quantitative estimate of drug-likeness (QED) is 0.805.